The van der Waals surface area contributed by atoms with E-state index >= 15 is 0 Å². The molecule has 0 saturated carbocycles. The molecule has 0 radical (unpaired) electrons. The van der Waals surface area contributed by atoms with Gasteiger partial charge >= 0.3 is 0 Å². The lowest BCUT2D eigenvalue weighted by atomic mass is 9.96. The van der Waals surface area contributed by atoms with Crippen molar-refractivity contribution in [3.05, 3.63) is 72.3 Å². The molecule has 0 aliphatic rings. The zero-order valence-electron chi connectivity index (χ0n) is 10.5. The average molecular weight is 246 g/mol. The number of benzene rings is 3. The lowest BCUT2D eigenvalue weighted by Crippen LogP contribution is -1.87. The second kappa shape index (κ2) is 5.07. The van der Waals surface area contributed by atoms with E-state index in [0.29, 0.717) is 0 Å². The third-order valence-electron chi connectivity index (χ3n) is 3.41. The van der Waals surface area contributed by atoms with Crippen LogP contribution in [-0.2, 0) is 11.2 Å². The summed E-state index contributed by atoms with van der Waals surface area (Å²) in [5.41, 5.74) is 1.26. The SMILES string of the molecule is O=C/C=C/Cc1cc2ccccc2c2ccccc12. The Morgan fingerprint density at radius 3 is 2.32 bits per heavy atom. The Hall–Kier alpha value is -2.41. The van der Waals surface area contributed by atoms with Crippen LogP contribution in [0.25, 0.3) is 21.5 Å². The predicted molar refractivity (Wildman–Crippen MR) is 80.4 cm³/mol. The molecule has 1 heteroatoms. The van der Waals surface area contributed by atoms with Gasteiger partial charge in [0.25, 0.3) is 0 Å². The van der Waals surface area contributed by atoms with Crippen LogP contribution in [0.15, 0.2) is 66.7 Å². The average Bonchev–Trinajstić information content (AvgIpc) is 2.47. The van der Waals surface area contributed by atoms with E-state index in [4.69, 9.17) is 0 Å². The van der Waals surface area contributed by atoms with Gasteiger partial charge in [-0.25, -0.2) is 0 Å². The number of hydrogen-bond donors (Lipinski definition) is 0. The zero-order valence-corrected chi connectivity index (χ0v) is 10.5. The van der Waals surface area contributed by atoms with Crippen molar-refractivity contribution in [1.82, 2.24) is 0 Å². The van der Waals surface area contributed by atoms with Crippen LogP contribution in [0.3, 0.4) is 0 Å². The number of rotatable bonds is 3. The summed E-state index contributed by atoms with van der Waals surface area (Å²) in [7, 11) is 0. The fourth-order valence-electron chi connectivity index (χ4n) is 2.55. The number of carbonyl (C=O) groups excluding carboxylic acids is 1. The number of carbonyl (C=O) groups is 1. The minimum Gasteiger partial charge on any atom is -0.299 e. The predicted octanol–water partition coefficient (Wildman–Crippen LogP) is 4.29. The van der Waals surface area contributed by atoms with Gasteiger partial charge in [-0.2, -0.15) is 0 Å². The van der Waals surface area contributed by atoms with Gasteiger partial charge in [0.05, 0.1) is 0 Å². The summed E-state index contributed by atoms with van der Waals surface area (Å²) in [4.78, 5) is 10.4. The first kappa shape index (κ1) is 11.7. The molecule has 0 bridgehead atoms. The van der Waals surface area contributed by atoms with Crippen LogP contribution in [0.5, 0.6) is 0 Å². The highest BCUT2D eigenvalue weighted by Crippen LogP contribution is 2.28. The van der Waals surface area contributed by atoms with Gasteiger partial charge < -0.3 is 0 Å². The van der Waals surface area contributed by atoms with Crippen molar-refractivity contribution in [2.24, 2.45) is 0 Å². The molecule has 0 aliphatic heterocycles. The molecule has 92 valence electrons. The summed E-state index contributed by atoms with van der Waals surface area (Å²) in [6, 6.07) is 19.1. The van der Waals surface area contributed by atoms with Crippen LogP contribution in [0.1, 0.15) is 5.56 Å². The van der Waals surface area contributed by atoms with Crippen LogP contribution in [0, 0.1) is 0 Å². The minimum absolute atomic E-state index is 0.782. The number of fused-ring (bicyclic) bond motifs is 3. The molecule has 0 aliphatic carbocycles. The van der Waals surface area contributed by atoms with E-state index in [2.05, 4.69) is 54.6 Å². The van der Waals surface area contributed by atoms with Crippen LogP contribution in [0.2, 0.25) is 0 Å². The van der Waals surface area contributed by atoms with Crippen molar-refractivity contribution in [2.45, 2.75) is 6.42 Å². The third-order valence-corrected chi connectivity index (χ3v) is 3.41. The summed E-state index contributed by atoms with van der Waals surface area (Å²) in [5, 5.41) is 5.06. The zero-order chi connectivity index (χ0) is 13.1. The maximum Gasteiger partial charge on any atom is 0.142 e. The highest BCUT2D eigenvalue weighted by atomic mass is 16.1. The maximum absolute atomic E-state index is 10.4. The Bertz CT molecular complexity index is 769. The van der Waals surface area contributed by atoms with Gasteiger partial charge in [0, 0.05) is 0 Å². The molecule has 0 fully saturated rings. The fourth-order valence-corrected chi connectivity index (χ4v) is 2.55. The quantitative estimate of drug-likeness (QED) is 0.383. The second-order valence-electron chi connectivity index (χ2n) is 4.57. The Balaban J connectivity index is 2.29. The van der Waals surface area contributed by atoms with Crippen LogP contribution >= 0.6 is 0 Å². The number of aldehydes is 1. The molecular formula is C18H14O. The molecule has 0 unspecified atom stereocenters. The van der Waals surface area contributed by atoms with Crippen molar-refractivity contribution < 1.29 is 4.79 Å². The van der Waals surface area contributed by atoms with Crippen molar-refractivity contribution >= 4 is 27.8 Å². The molecule has 3 aromatic carbocycles. The van der Waals surface area contributed by atoms with Crippen molar-refractivity contribution in [3.63, 3.8) is 0 Å². The Morgan fingerprint density at radius 2 is 1.53 bits per heavy atom. The highest BCUT2D eigenvalue weighted by Gasteiger charge is 2.04. The van der Waals surface area contributed by atoms with Gasteiger partial charge in [-0.3, -0.25) is 4.79 Å². The van der Waals surface area contributed by atoms with Gasteiger partial charge in [0.2, 0.25) is 0 Å². The molecule has 19 heavy (non-hydrogen) atoms. The van der Waals surface area contributed by atoms with Gasteiger partial charge in [-0.15, -0.1) is 0 Å². The molecule has 0 heterocycles. The van der Waals surface area contributed by atoms with Crippen molar-refractivity contribution in [2.75, 3.05) is 0 Å². The largest absolute Gasteiger partial charge is 0.299 e. The smallest absolute Gasteiger partial charge is 0.142 e. The van der Waals surface area contributed by atoms with E-state index in [0.717, 1.165) is 12.7 Å². The molecule has 0 N–H and O–H groups in total. The standard InChI is InChI=1S/C18H14O/c19-12-6-5-8-15-13-14-7-1-2-9-16(14)18-11-4-3-10-17(15)18/h1-7,9-13H,8H2/b6-5+. The van der Waals surface area contributed by atoms with Gasteiger partial charge in [-0.1, -0.05) is 60.7 Å². The van der Waals surface area contributed by atoms with E-state index in [9.17, 15) is 4.79 Å². The first-order chi connectivity index (χ1) is 9.40. The number of allylic oxidation sites excluding steroid dienone is 2. The summed E-state index contributed by atoms with van der Waals surface area (Å²) >= 11 is 0. The Morgan fingerprint density at radius 1 is 0.842 bits per heavy atom. The molecule has 3 rings (SSSR count). The molecule has 0 aromatic heterocycles. The van der Waals surface area contributed by atoms with E-state index in [-0.39, 0.29) is 0 Å². The fraction of sp³-hybridized carbons (Fsp3) is 0.0556. The topological polar surface area (TPSA) is 17.1 Å². The summed E-state index contributed by atoms with van der Waals surface area (Å²) < 4.78 is 0. The van der Waals surface area contributed by atoms with Crippen LogP contribution in [-0.4, -0.2) is 6.29 Å². The van der Waals surface area contributed by atoms with Crippen LogP contribution in [0.4, 0.5) is 0 Å². The monoisotopic (exact) mass is 246 g/mol. The lowest BCUT2D eigenvalue weighted by molar-refractivity contribution is -0.104. The summed E-state index contributed by atoms with van der Waals surface area (Å²) in [5.74, 6) is 0. The molecule has 3 aromatic rings. The van der Waals surface area contributed by atoms with E-state index < -0.39 is 0 Å². The molecular weight excluding hydrogens is 232 g/mol. The highest BCUT2D eigenvalue weighted by molar-refractivity contribution is 6.08. The molecule has 0 atom stereocenters. The second-order valence-corrected chi connectivity index (χ2v) is 4.57. The Labute approximate surface area is 112 Å². The maximum atomic E-state index is 10.4. The lowest BCUT2D eigenvalue weighted by Gasteiger charge is -2.08. The normalized spacial score (nSPS) is 11.4. The first-order valence-electron chi connectivity index (χ1n) is 6.40. The van der Waals surface area contributed by atoms with E-state index in [1.807, 2.05) is 6.08 Å². The number of hydrogen-bond acceptors (Lipinski definition) is 1. The molecule has 0 spiro atoms. The third kappa shape index (κ3) is 2.15. The first-order valence-corrected chi connectivity index (χ1v) is 6.40. The molecule has 0 saturated heterocycles. The van der Waals surface area contributed by atoms with E-state index in [1.54, 1.807) is 6.08 Å². The summed E-state index contributed by atoms with van der Waals surface area (Å²) in [6.07, 6.45) is 5.07. The summed E-state index contributed by atoms with van der Waals surface area (Å²) in [6.45, 7) is 0. The van der Waals surface area contributed by atoms with Gasteiger partial charge in [-0.05, 0) is 39.6 Å². The van der Waals surface area contributed by atoms with Crippen molar-refractivity contribution in [1.29, 1.82) is 0 Å². The van der Waals surface area contributed by atoms with Crippen LogP contribution < -0.4 is 0 Å². The Kier molecular flexibility index (Phi) is 3.11. The molecule has 1 nitrogen and oxygen atoms in total. The van der Waals surface area contributed by atoms with Crippen molar-refractivity contribution in [3.8, 4) is 0 Å². The van der Waals surface area contributed by atoms with Gasteiger partial charge in [0.15, 0.2) is 0 Å². The van der Waals surface area contributed by atoms with Gasteiger partial charge in [0.1, 0.15) is 6.29 Å². The van der Waals surface area contributed by atoms with E-state index in [1.165, 1.54) is 27.1 Å². The molecule has 0 amide bonds. The minimum atomic E-state index is 0.782.